The molecule has 1 heterocycles. The summed E-state index contributed by atoms with van der Waals surface area (Å²) < 4.78 is 6.38. The van der Waals surface area contributed by atoms with Gasteiger partial charge in [0, 0.05) is 17.3 Å². The molecule has 88 valence electrons. The minimum atomic E-state index is 0.463. The van der Waals surface area contributed by atoms with E-state index in [1.165, 1.54) is 0 Å². The molecule has 0 bridgehead atoms. The Bertz CT molecular complexity index is 560. The Labute approximate surface area is 113 Å². The van der Waals surface area contributed by atoms with E-state index in [0.29, 0.717) is 22.3 Å². The smallest absolute Gasteiger partial charge is 0.233 e. The van der Waals surface area contributed by atoms with Crippen molar-refractivity contribution in [3.8, 4) is 11.6 Å². The van der Waals surface area contributed by atoms with E-state index in [-0.39, 0.29) is 0 Å². The van der Waals surface area contributed by atoms with E-state index >= 15 is 0 Å². The number of nitrogen functional groups attached to an aromatic ring is 1. The summed E-state index contributed by atoms with van der Waals surface area (Å²) in [5.41, 5.74) is 7.35. The molecule has 0 aliphatic rings. The molecule has 2 aromatic rings. The third kappa shape index (κ3) is 2.90. The van der Waals surface area contributed by atoms with Crippen LogP contribution >= 0.6 is 27.5 Å². The van der Waals surface area contributed by atoms with Crippen LogP contribution in [0, 0.1) is 6.92 Å². The monoisotopic (exact) mass is 312 g/mol. The zero-order valence-corrected chi connectivity index (χ0v) is 11.4. The second-order valence-corrected chi connectivity index (χ2v) is 4.87. The van der Waals surface area contributed by atoms with Crippen LogP contribution in [-0.2, 0) is 0 Å². The molecule has 3 nitrogen and oxygen atoms in total. The first-order valence-electron chi connectivity index (χ1n) is 4.91. The lowest BCUT2D eigenvalue weighted by Gasteiger charge is -2.09. The number of hydrogen-bond acceptors (Lipinski definition) is 3. The van der Waals surface area contributed by atoms with Crippen molar-refractivity contribution in [3.05, 3.63) is 45.5 Å². The number of pyridine rings is 1. The average Bonchev–Trinajstić information content (AvgIpc) is 2.27. The first-order valence-corrected chi connectivity index (χ1v) is 6.08. The number of halogens is 2. The van der Waals surface area contributed by atoms with Crippen molar-refractivity contribution in [3.63, 3.8) is 0 Å². The van der Waals surface area contributed by atoms with E-state index in [1.54, 1.807) is 24.4 Å². The molecule has 0 atom stereocenters. The summed E-state index contributed by atoms with van der Waals surface area (Å²) >= 11 is 9.27. The molecule has 5 heteroatoms. The zero-order chi connectivity index (χ0) is 12.4. The highest BCUT2D eigenvalue weighted by atomic mass is 79.9. The highest BCUT2D eigenvalue weighted by Gasteiger charge is 2.07. The quantitative estimate of drug-likeness (QED) is 0.846. The van der Waals surface area contributed by atoms with Crippen molar-refractivity contribution < 1.29 is 4.74 Å². The van der Waals surface area contributed by atoms with E-state index in [0.717, 1.165) is 10.0 Å². The Balaban J connectivity index is 2.34. The molecule has 2 rings (SSSR count). The maximum atomic E-state index is 5.88. The van der Waals surface area contributed by atoms with Crippen LogP contribution in [-0.4, -0.2) is 4.98 Å². The van der Waals surface area contributed by atoms with Crippen LogP contribution in [0.3, 0.4) is 0 Å². The fourth-order valence-corrected chi connectivity index (χ4v) is 2.00. The molecule has 0 aliphatic carbocycles. The van der Waals surface area contributed by atoms with Crippen LogP contribution in [0.1, 0.15) is 5.56 Å². The number of benzene rings is 1. The lowest BCUT2D eigenvalue weighted by Crippen LogP contribution is -1.94. The second kappa shape index (κ2) is 4.94. The molecule has 0 spiro atoms. The predicted octanol–water partition coefficient (Wildman–Crippen LogP) is 4.18. The number of nitrogens with two attached hydrogens (primary N) is 1. The number of anilines is 1. The van der Waals surface area contributed by atoms with Crippen LogP contribution in [0.4, 0.5) is 5.69 Å². The van der Waals surface area contributed by atoms with Gasteiger partial charge >= 0.3 is 0 Å². The third-order valence-electron chi connectivity index (χ3n) is 2.13. The number of aromatic nitrogens is 1. The normalized spacial score (nSPS) is 10.3. The van der Waals surface area contributed by atoms with Gasteiger partial charge in [-0.05, 0) is 46.6 Å². The van der Waals surface area contributed by atoms with Gasteiger partial charge in [-0.15, -0.1) is 0 Å². The maximum absolute atomic E-state index is 5.88. The number of nitrogens with zero attached hydrogens (tertiary/aromatic N) is 1. The maximum Gasteiger partial charge on any atom is 0.233 e. The fraction of sp³-hybridized carbons (Fsp3) is 0.0833. The van der Waals surface area contributed by atoms with Crippen LogP contribution in [0.25, 0.3) is 0 Å². The van der Waals surface area contributed by atoms with Crippen LogP contribution in [0.2, 0.25) is 5.02 Å². The standard InChI is InChI=1S/C12H10BrClN2O/c1-7-4-9(13)12(16-6-7)17-11-5-8(14)2-3-10(11)15/h2-6H,15H2,1H3. The predicted molar refractivity (Wildman–Crippen MR) is 72.6 cm³/mol. The Hall–Kier alpha value is -1.26. The Kier molecular flexibility index (Phi) is 3.54. The number of hydrogen-bond donors (Lipinski definition) is 1. The molecule has 2 N–H and O–H groups in total. The summed E-state index contributed by atoms with van der Waals surface area (Å²) in [6, 6.07) is 6.98. The van der Waals surface area contributed by atoms with E-state index in [1.807, 2.05) is 13.0 Å². The van der Waals surface area contributed by atoms with Gasteiger partial charge in [-0.1, -0.05) is 11.6 Å². The topological polar surface area (TPSA) is 48.1 Å². The van der Waals surface area contributed by atoms with E-state index in [2.05, 4.69) is 20.9 Å². The molecule has 0 radical (unpaired) electrons. The van der Waals surface area contributed by atoms with Gasteiger partial charge in [-0.25, -0.2) is 4.98 Å². The third-order valence-corrected chi connectivity index (χ3v) is 2.93. The summed E-state index contributed by atoms with van der Waals surface area (Å²) in [4.78, 5) is 4.18. The molecule has 0 fully saturated rings. The Morgan fingerprint density at radius 1 is 1.35 bits per heavy atom. The van der Waals surface area contributed by atoms with Gasteiger partial charge in [-0.2, -0.15) is 0 Å². The summed E-state index contributed by atoms with van der Waals surface area (Å²) in [5.74, 6) is 0.958. The molecular formula is C12H10BrClN2O. The van der Waals surface area contributed by atoms with Gasteiger partial charge in [0.05, 0.1) is 10.2 Å². The van der Waals surface area contributed by atoms with Crippen LogP contribution in [0.5, 0.6) is 11.6 Å². The SMILES string of the molecule is Cc1cnc(Oc2cc(Cl)ccc2N)c(Br)c1. The van der Waals surface area contributed by atoms with E-state index in [4.69, 9.17) is 22.1 Å². The molecule has 0 saturated carbocycles. The van der Waals surface area contributed by atoms with Crippen molar-refractivity contribution in [1.29, 1.82) is 0 Å². The summed E-state index contributed by atoms with van der Waals surface area (Å²) in [7, 11) is 0. The largest absolute Gasteiger partial charge is 0.436 e. The number of ether oxygens (including phenoxy) is 1. The first kappa shape index (κ1) is 12.2. The van der Waals surface area contributed by atoms with Crippen LogP contribution in [0.15, 0.2) is 34.9 Å². The molecule has 0 aliphatic heterocycles. The number of rotatable bonds is 2. The summed E-state index contributed by atoms with van der Waals surface area (Å²) in [6.45, 7) is 1.95. The fourth-order valence-electron chi connectivity index (χ4n) is 1.30. The molecule has 17 heavy (non-hydrogen) atoms. The number of aryl methyl sites for hydroxylation is 1. The Morgan fingerprint density at radius 3 is 2.82 bits per heavy atom. The highest BCUT2D eigenvalue weighted by molar-refractivity contribution is 9.10. The minimum absolute atomic E-state index is 0.463. The van der Waals surface area contributed by atoms with Gasteiger partial charge in [-0.3, -0.25) is 0 Å². The van der Waals surface area contributed by atoms with Gasteiger partial charge in [0.15, 0.2) is 5.75 Å². The van der Waals surface area contributed by atoms with Crippen molar-refractivity contribution in [2.24, 2.45) is 0 Å². The average molecular weight is 314 g/mol. The van der Waals surface area contributed by atoms with Gasteiger partial charge in [0.1, 0.15) is 0 Å². The lowest BCUT2D eigenvalue weighted by atomic mass is 10.3. The van der Waals surface area contributed by atoms with Crippen molar-refractivity contribution in [2.45, 2.75) is 6.92 Å². The van der Waals surface area contributed by atoms with Gasteiger partial charge in [0.2, 0.25) is 5.88 Å². The van der Waals surface area contributed by atoms with Gasteiger partial charge < -0.3 is 10.5 Å². The molecule has 0 unspecified atom stereocenters. The molecular weight excluding hydrogens is 304 g/mol. The molecule has 0 saturated heterocycles. The van der Waals surface area contributed by atoms with E-state index in [9.17, 15) is 0 Å². The van der Waals surface area contributed by atoms with E-state index < -0.39 is 0 Å². The van der Waals surface area contributed by atoms with Crippen molar-refractivity contribution in [1.82, 2.24) is 4.98 Å². The molecule has 0 amide bonds. The summed E-state index contributed by atoms with van der Waals surface area (Å²) in [5, 5.41) is 0.567. The van der Waals surface area contributed by atoms with Crippen molar-refractivity contribution in [2.75, 3.05) is 5.73 Å². The highest BCUT2D eigenvalue weighted by Crippen LogP contribution is 2.32. The van der Waals surface area contributed by atoms with Gasteiger partial charge in [0.25, 0.3) is 0 Å². The molecule has 1 aromatic carbocycles. The summed E-state index contributed by atoms with van der Waals surface area (Å²) in [6.07, 6.45) is 1.72. The Morgan fingerprint density at radius 2 is 2.12 bits per heavy atom. The van der Waals surface area contributed by atoms with Crippen molar-refractivity contribution >= 4 is 33.2 Å². The van der Waals surface area contributed by atoms with Crippen LogP contribution < -0.4 is 10.5 Å². The lowest BCUT2D eigenvalue weighted by molar-refractivity contribution is 0.461. The zero-order valence-electron chi connectivity index (χ0n) is 9.08. The first-order chi connectivity index (χ1) is 8.06. The second-order valence-electron chi connectivity index (χ2n) is 3.58. The molecule has 1 aromatic heterocycles. The minimum Gasteiger partial charge on any atom is -0.436 e.